The van der Waals surface area contributed by atoms with Gasteiger partial charge in [0, 0.05) is 40.1 Å². The number of hydrogen-bond donors (Lipinski definition) is 6. The molecule has 0 aliphatic heterocycles. The van der Waals surface area contributed by atoms with Gasteiger partial charge in [0.2, 0.25) is 5.91 Å². The first kappa shape index (κ1) is 36.4. The zero-order valence-corrected chi connectivity index (χ0v) is 28.1. The maximum atomic E-state index is 12.4. The van der Waals surface area contributed by atoms with Gasteiger partial charge in [-0.3, -0.25) is 9.78 Å². The van der Waals surface area contributed by atoms with Gasteiger partial charge in [0.15, 0.2) is 0 Å². The molecule has 2 aliphatic carbocycles. The quantitative estimate of drug-likeness (QED) is 0.115. The second-order valence-corrected chi connectivity index (χ2v) is 13.2. The molecule has 48 heavy (non-hydrogen) atoms. The smallest absolute Gasteiger partial charge is 0.248 e. The summed E-state index contributed by atoms with van der Waals surface area (Å²) in [6.07, 6.45) is 0.460. The molecule has 260 valence electrons. The van der Waals surface area contributed by atoms with E-state index in [0.717, 1.165) is 59.3 Å². The number of rotatable bonds is 18. The van der Waals surface area contributed by atoms with E-state index in [0.29, 0.717) is 16.5 Å². The number of aliphatic hydroxyl groups is 5. The summed E-state index contributed by atoms with van der Waals surface area (Å²) < 4.78 is 18.4. The van der Waals surface area contributed by atoms with E-state index in [2.05, 4.69) is 16.4 Å². The Bertz CT molecular complexity index is 1550. The van der Waals surface area contributed by atoms with Crippen LogP contribution in [0.25, 0.3) is 11.1 Å². The van der Waals surface area contributed by atoms with Crippen molar-refractivity contribution in [3.63, 3.8) is 0 Å². The first-order valence-corrected chi connectivity index (χ1v) is 16.8. The number of hydrogen-bond acceptors (Lipinski definition) is 10. The number of aliphatic hydroxyl groups excluding tert-OH is 5. The summed E-state index contributed by atoms with van der Waals surface area (Å²) in [6.45, 7) is 0.717. The fourth-order valence-electron chi connectivity index (χ4n) is 5.36. The molecule has 2 aliphatic rings. The number of aromatic nitrogens is 1. The van der Waals surface area contributed by atoms with Crippen LogP contribution in [0.4, 0.5) is 0 Å². The van der Waals surface area contributed by atoms with E-state index in [4.69, 9.17) is 42.5 Å². The first-order chi connectivity index (χ1) is 23.0. The third-order valence-corrected chi connectivity index (χ3v) is 9.35. The van der Waals surface area contributed by atoms with Gasteiger partial charge < -0.3 is 45.1 Å². The number of para-hydroxylation sites is 1. The molecule has 1 aromatic heterocycles. The number of amides is 1. The number of benzene rings is 2. The second kappa shape index (κ2) is 16.2. The minimum atomic E-state index is -1.78. The number of carbonyl (C=O) groups is 1. The Balaban J connectivity index is 1.14. The minimum Gasteiger partial charge on any atom is -0.490 e. The molecule has 2 aromatic carbocycles. The molecule has 5 rings (SSSR count). The molecule has 1 amide bonds. The van der Waals surface area contributed by atoms with E-state index in [1.165, 1.54) is 6.92 Å². The number of nitrogens with one attached hydrogen (secondary N) is 1. The van der Waals surface area contributed by atoms with Crippen LogP contribution in [0.3, 0.4) is 0 Å². The Kier molecular flexibility index (Phi) is 12.3. The van der Waals surface area contributed by atoms with Crippen molar-refractivity contribution in [2.75, 3.05) is 19.8 Å². The van der Waals surface area contributed by atoms with Crippen molar-refractivity contribution in [1.29, 1.82) is 0 Å². The Morgan fingerprint density at radius 1 is 1.00 bits per heavy atom. The summed E-state index contributed by atoms with van der Waals surface area (Å²) in [6, 6.07) is 13.6. The molecular formula is C35H42Cl2N2O9. The summed E-state index contributed by atoms with van der Waals surface area (Å²) in [7, 11) is 0. The molecule has 0 bridgehead atoms. The Labute approximate surface area is 289 Å². The largest absolute Gasteiger partial charge is 0.490 e. The lowest BCUT2D eigenvalue weighted by atomic mass is 9.96. The van der Waals surface area contributed by atoms with Gasteiger partial charge in [0.25, 0.3) is 0 Å². The average molecular weight is 706 g/mol. The van der Waals surface area contributed by atoms with Crippen molar-refractivity contribution in [1.82, 2.24) is 10.3 Å². The highest BCUT2D eigenvalue weighted by molar-refractivity contribution is 6.34. The van der Waals surface area contributed by atoms with Crippen LogP contribution in [-0.2, 0) is 32.9 Å². The summed E-state index contributed by atoms with van der Waals surface area (Å²) in [5.41, 5.74) is 4.04. The lowest BCUT2D eigenvalue weighted by molar-refractivity contribution is -0.134. The molecule has 3 aromatic rings. The molecule has 5 atom stereocenters. The SMILES string of the molecule is CC(OCCc1cc(Cl)c(COC2(c3cnccc3-c3ccccc3OC3CC3)CC2)cc1Cl)C(=O)NCC(O)C(O)C(O)C(O)CO. The zero-order valence-electron chi connectivity index (χ0n) is 26.6. The van der Waals surface area contributed by atoms with Gasteiger partial charge in [0.1, 0.15) is 30.2 Å². The van der Waals surface area contributed by atoms with Gasteiger partial charge in [-0.05, 0) is 80.0 Å². The van der Waals surface area contributed by atoms with Gasteiger partial charge in [-0.1, -0.05) is 41.4 Å². The predicted molar refractivity (Wildman–Crippen MR) is 179 cm³/mol. The molecule has 2 fully saturated rings. The third kappa shape index (κ3) is 9.03. The molecule has 2 saturated carbocycles. The number of halogens is 2. The summed E-state index contributed by atoms with van der Waals surface area (Å²) in [4.78, 5) is 16.8. The van der Waals surface area contributed by atoms with E-state index in [-0.39, 0.29) is 19.3 Å². The van der Waals surface area contributed by atoms with E-state index in [1.54, 1.807) is 18.3 Å². The van der Waals surface area contributed by atoms with Crippen molar-refractivity contribution < 1.29 is 44.5 Å². The van der Waals surface area contributed by atoms with Crippen LogP contribution >= 0.6 is 23.2 Å². The lowest BCUT2D eigenvalue weighted by Crippen LogP contribution is -2.50. The number of pyridine rings is 1. The fourth-order valence-corrected chi connectivity index (χ4v) is 5.88. The standard InChI is InChI=1S/C35H42Cl2N2O9/c1-20(34(45)39-17-29(41)32(43)33(44)30(42)18-40)46-13-9-21-14-28(37)22(15-27(21)36)19-47-35(10-11-35)26-16-38-12-8-24(26)25-4-2-3-5-31(25)48-23-6-7-23/h2-5,8,12,14-16,20,23,29-30,32-33,40-44H,6-7,9-11,13,17-19H2,1H3,(H,39,45). The summed E-state index contributed by atoms with van der Waals surface area (Å²) >= 11 is 13.3. The number of ether oxygens (including phenoxy) is 3. The van der Waals surface area contributed by atoms with E-state index in [1.807, 2.05) is 30.5 Å². The molecule has 0 saturated heterocycles. The molecule has 6 N–H and O–H groups in total. The average Bonchev–Trinajstić information content (AvgIpc) is 4.04. The third-order valence-electron chi connectivity index (χ3n) is 8.65. The predicted octanol–water partition coefficient (Wildman–Crippen LogP) is 3.30. The van der Waals surface area contributed by atoms with Crippen molar-refractivity contribution in [3.05, 3.63) is 81.6 Å². The van der Waals surface area contributed by atoms with Gasteiger partial charge in [0.05, 0.1) is 37.6 Å². The Morgan fingerprint density at radius 3 is 2.40 bits per heavy atom. The normalized spacial score (nSPS) is 18.4. The Morgan fingerprint density at radius 2 is 1.69 bits per heavy atom. The second-order valence-electron chi connectivity index (χ2n) is 12.4. The topological polar surface area (TPSA) is 171 Å². The van der Waals surface area contributed by atoms with Gasteiger partial charge in [-0.25, -0.2) is 0 Å². The summed E-state index contributed by atoms with van der Waals surface area (Å²) in [5.74, 6) is 0.304. The van der Waals surface area contributed by atoms with Crippen molar-refractivity contribution in [3.8, 4) is 16.9 Å². The van der Waals surface area contributed by atoms with Crippen LogP contribution in [0.2, 0.25) is 10.0 Å². The molecule has 1 heterocycles. The Hall–Kier alpha value is -2.84. The van der Waals surface area contributed by atoms with Crippen LogP contribution in [0.1, 0.15) is 49.3 Å². The fraction of sp³-hybridized carbons (Fsp3) is 0.486. The van der Waals surface area contributed by atoms with Crippen LogP contribution in [0.5, 0.6) is 5.75 Å². The van der Waals surface area contributed by atoms with E-state index in [9.17, 15) is 25.2 Å². The first-order valence-electron chi connectivity index (χ1n) is 16.1. The molecule has 11 nitrogen and oxygen atoms in total. The van der Waals surface area contributed by atoms with Crippen LogP contribution in [0.15, 0.2) is 54.9 Å². The van der Waals surface area contributed by atoms with Gasteiger partial charge in [-0.15, -0.1) is 0 Å². The highest BCUT2D eigenvalue weighted by atomic mass is 35.5. The van der Waals surface area contributed by atoms with Crippen molar-refractivity contribution in [2.45, 2.75) is 87.9 Å². The van der Waals surface area contributed by atoms with E-state index >= 15 is 0 Å². The van der Waals surface area contributed by atoms with Gasteiger partial charge >= 0.3 is 0 Å². The van der Waals surface area contributed by atoms with Crippen LogP contribution < -0.4 is 10.1 Å². The van der Waals surface area contributed by atoms with Gasteiger partial charge in [-0.2, -0.15) is 0 Å². The van der Waals surface area contributed by atoms with E-state index < -0.39 is 55.2 Å². The monoisotopic (exact) mass is 704 g/mol. The highest BCUT2D eigenvalue weighted by Gasteiger charge is 2.48. The minimum absolute atomic E-state index is 0.145. The zero-order chi connectivity index (χ0) is 34.4. The molecule has 0 spiro atoms. The molecule has 5 unspecified atom stereocenters. The maximum Gasteiger partial charge on any atom is 0.248 e. The highest BCUT2D eigenvalue weighted by Crippen LogP contribution is 2.53. The number of carbonyl (C=O) groups excluding carboxylic acids is 1. The van der Waals surface area contributed by atoms with Crippen LogP contribution in [-0.4, -0.2) is 92.8 Å². The lowest BCUT2D eigenvalue weighted by Gasteiger charge is -2.26. The maximum absolute atomic E-state index is 12.4. The van der Waals surface area contributed by atoms with Crippen molar-refractivity contribution in [2.24, 2.45) is 0 Å². The molecule has 13 heteroatoms. The van der Waals surface area contributed by atoms with Crippen LogP contribution in [0, 0.1) is 0 Å². The molecular weight excluding hydrogens is 663 g/mol. The van der Waals surface area contributed by atoms with Crippen molar-refractivity contribution >= 4 is 29.1 Å². The molecule has 0 radical (unpaired) electrons. The number of nitrogens with zero attached hydrogens (tertiary/aromatic N) is 1. The summed E-state index contributed by atoms with van der Waals surface area (Å²) in [5, 5.41) is 51.3.